The molecule has 1 aliphatic rings. The number of aliphatic hydroxyl groups is 1. The summed E-state index contributed by atoms with van der Waals surface area (Å²) in [5.41, 5.74) is -0.0755. The fraction of sp³-hybridized carbons (Fsp3) is 0.923. The second-order valence-corrected chi connectivity index (χ2v) is 7.16. The lowest BCUT2D eigenvalue weighted by atomic mass is 9.87. The normalized spacial score (nSPS) is 19.3. The number of carbonyl (C=O) groups is 1. The molecule has 106 valence electrons. The van der Waals surface area contributed by atoms with Gasteiger partial charge in [-0.1, -0.05) is 13.8 Å². The summed E-state index contributed by atoms with van der Waals surface area (Å²) in [6.45, 7) is 6.47. The molecule has 1 rings (SSSR count). The Morgan fingerprint density at radius 3 is 2.61 bits per heavy atom. The maximum atomic E-state index is 11.8. The average Bonchev–Trinajstić information content (AvgIpc) is 2.26. The maximum Gasteiger partial charge on any atom is 0.315 e. The summed E-state index contributed by atoms with van der Waals surface area (Å²) in [5.74, 6) is 2.27. The van der Waals surface area contributed by atoms with Crippen LogP contribution in [-0.4, -0.2) is 41.3 Å². The molecule has 4 nitrogen and oxygen atoms in total. The third kappa shape index (κ3) is 6.50. The first-order chi connectivity index (χ1) is 8.39. The van der Waals surface area contributed by atoms with Crippen molar-refractivity contribution in [3.8, 4) is 0 Å². The maximum absolute atomic E-state index is 11.8. The zero-order valence-electron chi connectivity index (χ0n) is 11.7. The Balaban J connectivity index is 2.23. The van der Waals surface area contributed by atoms with E-state index in [-0.39, 0.29) is 17.6 Å². The van der Waals surface area contributed by atoms with E-state index in [4.69, 9.17) is 0 Å². The number of hydrogen-bond donors (Lipinski definition) is 3. The van der Waals surface area contributed by atoms with Crippen LogP contribution in [0.4, 0.5) is 4.79 Å². The van der Waals surface area contributed by atoms with E-state index >= 15 is 0 Å². The number of nitrogens with one attached hydrogen (secondary N) is 2. The number of urea groups is 1. The van der Waals surface area contributed by atoms with E-state index in [0.717, 1.165) is 24.3 Å². The fourth-order valence-electron chi connectivity index (χ4n) is 2.27. The molecule has 0 radical (unpaired) electrons. The van der Waals surface area contributed by atoms with E-state index in [1.807, 2.05) is 11.8 Å². The average molecular weight is 274 g/mol. The first-order valence-corrected chi connectivity index (χ1v) is 7.85. The van der Waals surface area contributed by atoms with Crippen molar-refractivity contribution in [3.05, 3.63) is 0 Å². The van der Waals surface area contributed by atoms with Crippen molar-refractivity contribution in [2.45, 2.75) is 52.2 Å². The predicted octanol–water partition coefficient (Wildman–Crippen LogP) is 1.98. The van der Waals surface area contributed by atoms with Crippen LogP contribution in [0.15, 0.2) is 0 Å². The van der Waals surface area contributed by atoms with Crippen LogP contribution in [0.2, 0.25) is 0 Å². The highest BCUT2D eigenvalue weighted by Gasteiger charge is 2.22. The van der Waals surface area contributed by atoms with Gasteiger partial charge in [0.05, 0.1) is 6.10 Å². The topological polar surface area (TPSA) is 61.4 Å². The zero-order chi connectivity index (χ0) is 13.6. The number of thioether (sulfide) groups is 1. The second kappa shape index (κ2) is 7.24. The van der Waals surface area contributed by atoms with Gasteiger partial charge in [-0.3, -0.25) is 0 Å². The summed E-state index contributed by atoms with van der Waals surface area (Å²) in [6, 6.07) is 0.247. The number of hydrogen-bond acceptors (Lipinski definition) is 3. The van der Waals surface area contributed by atoms with Crippen LogP contribution in [0.25, 0.3) is 0 Å². The summed E-state index contributed by atoms with van der Waals surface area (Å²) in [4.78, 5) is 11.8. The lowest BCUT2D eigenvalue weighted by Crippen LogP contribution is -2.46. The third-order valence-corrected chi connectivity index (χ3v) is 4.18. The Hall–Kier alpha value is -0.420. The Morgan fingerprint density at radius 2 is 2.06 bits per heavy atom. The molecule has 1 heterocycles. The van der Waals surface area contributed by atoms with Gasteiger partial charge in [-0.05, 0) is 43.1 Å². The van der Waals surface area contributed by atoms with E-state index in [0.29, 0.717) is 19.0 Å². The van der Waals surface area contributed by atoms with Crippen molar-refractivity contribution in [1.82, 2.24) is 10.6 Å². The van der Waals surface area contributed by atoms with Crippen molar-refractivity contribution in [1.29, 1.82) is 0 Å². The van der Waals surface area contributed by atoms with Gasteiger partial charge in [0.1, 0.15) is 0 Å². The molecule has 0 bridgehead atoms. The van der Waals surface area contributed by atoms with Crippen molar-refractivity contribution < 1.29 is 9.90 Å². The summed E-state index contributed by atoms with van der Waals surface area (Å²) in [5, 5.41) is 15.3. The van der Waals surface area contributed by atoms with Gasteiger partial charge >= 0.3 is 6.03 Å². The van der Waals surface area contributed by atoms with Gasteiger partial charge in [0.25, 0.3) is 0 Å². The monoisotopic (exact) mass is 274 g/mol. The van der Waals surface area contributed by atoms with Gasteiger partial charge in [0.15, 0.2) is 0 Å². The number of amides is 2. The molecule has 1 atom stereocenters. The minimum atomic E-state index is -0.333. The van der Waals surface area contributed by atoms with Crippen LogP contribution in [0.5, 0.6) is 0 Å². The molecule has 5 heteroatoms. The predicted molar refractivity (Wildman–Crippen MR) is 77.0 cm³/mol. The Morgan fingerprint density at radius 1 is 1.44 bits per heavy atom. The van der Waals surface area contributed by atoms with Crippen LogP contribution >= 0.6 is 11.8 Å². The molecule has 18 heavy (non-hydrogen) atoms. The first-order valence-electron chi connectivity index (χ1n) is 6.69. The molecule has 0 aromatic heterocycles. The van der Waals surface area contributed by atoms with E-state index in [2.05, 4.69) is 24.5 Å². The molecule has 0 aliphatic carbocycles. The molecule has 0 saturated carbocycles. The number of carbonyl (C=O) groups excluding carboxylic acids is 1. The number of rotatable bonds is 5. The van der Waals surface area contributed by atoms with Gasteiger partial charge in [-0.15, -0.1) is 0 Å². The standard InChI is InChI=1S/C13H26N2O2S/c1-10(16)8-13(2,3)9-14-12(17)15-11-4-6-18-7-5-11/h10-11,16H,4-9H2,1-3H3,(H2,14,15,17)/t10-/m1/s1. The summed E-state index contributed by atoms with van der Waals surface area (Å²) < 4.78 is 0. The van der Waals surface area contributed by atoms with Gasteiger partial charge < -0.3 is 15.7 Å². The van der Waals surface area contributed by atoms with E-state index < -0.39 is 0 Å². The van der Waals surface area contributed by atoms with E-state index in [1.54, 1.807) is 6.92 Å². The summed E-state index contributed by atoms with van der Waals surface area (Å²) in [6.07, 6.45) is 2.48. The zero-order valence-corrected chi connectivity index (χ0v) is 12.5. The largest absolute Gasteiger partial charge is 0.393 e. The minimum Gasteiger partial charge on any atom is -0.393 e. The lowest BCUT2D eigenvalue weighted by molar-refractivity contribution is 0.128. The SMILES string of the molecule is C[C@@H](O)CC(C)(C)CNC(=O)NC1CCSCC1. The fourth-order valence-corrected chi connectivity index (χ4v) is 3.38. The molecular formula is C13H26N2O2S. The Kier molecular flexibility index (Phi) is 6.29. The van der Waals surface area contributed by atoms with Gasteiger partial charge in [0, 0.05) is 12.6 Å². The molecular weight excluding hydrogens is 248 g/mol. The summed E-state index contributed by atoms with van der Waals surface area (Å²) >= 11 is 1.95. The van der Waals surface area contributed by atoms with Crippen LogP contribution < -0.4 is 10.6 Å². The first kappa shape index (κ1) is 15.6. The Labute approximate surface area is 114 Å². The molecule has 1 saturated heterocycles. The minimum absolute atomic E-state index is 0.0755. The van der Waals surface area contributed by atoms with Crippen LogP contribution in [0.1, 0.15) is 40.0 Å². The van der Waals surface area contributed by atoms with Crippen LogP contribution in [0.3, 0.4) is 0 Å². The highest BCUT2D eigenvalue weighted by Crippen LogP contribution is 2.21. The molecule has 0 spiro atoms. The van der Waals surface area contributed by atoms with Crippen molar-refractivity contribution in [3.63, 3.8) is 0 Å². The second-order valence-electron chi connectivity index (χ2n) is 5.93. The van der Waals surface area contributed by atoms with Crippen LogP contribution in [0, 0.1) is 5.41 Å². The lowest BCUT2D eigenvalue weighted by Gasteiger charge is -2.28. The van der Waals surface area contributed by atoms with Crippen molar-refractivity contribution in [2.75, 3.05) is 18.1 Å². The van der Waals surface area contributed by atoms with Gasteiger partial charge in [-0.2, -0.15) is 11.8 Å². The van der Waals surface area contributed by atoms with E-state index in [9.17, 15) is 9.90 Å². The molecule has 1 fully saturated rings. The summed E-state index contributed by atoms with van der Waals surface area (Å²) in [7, 11) is 0. The number of aliphatic hydroxyl groups excluding tert-OH is 1. The van der Waals surface area contributed by atoms with Crippen molar-refractivity contribution in [2.24, 2.45) is 5.41 Å². The quantitative estimate of drug-likeness (QED) is 0.718. The molecule has 0 aromatic carbocycles. The smallest absolute Gasteiger partial charge is 0.315 e. The molecule has 0 aromatic rings. The molecule has 3 N–H and O–H groups in total. The molecule has 0 unspecified atom stereocenters. The Bertz CT molecular complexity index is 264. The van der Waals surface area contributed by atoms with E-state index in [1.165, 1.54) is 0 Å². The van der Waals surface area contributed by atoms with Crippen molar-refractivity contribution >= 4 is 17.8 Å². The van der Waals surface area contributed by atoms with Crippen LogP contribution in [-0.2, 0) is 0 Å². The highest BCUT2D eigenvalue weighted by molar-refractivity contribution is 7.99. The third-order valence-electron chi connectivity index (χ3n) is 3.13. The highest BCUT2D eigenvalue weighted by atomic mass is 32.2. The molecule has 2 amide bonds. The molecule has 1 aliphatic heterocycles. The van der Waals surface area contributed by atoms with Gasteiger partial charge in [0.2, 0.25) is 0 Å². The van der Waals surface area contributed by atoms with Gasteiger partial charge in [-0.25, -0.2) is 4.79 Å².